The maximum Gasteiger partial charge on any atom is 0.405 e. The average Bonchev–Trinajstić information content (AvgIpc) is 3.02. The van der Waals surface area contributed by atoms with Crippen molar-refractivity contribution in [2.45, 2.75) is 62.5 Å². The fourth-order valence-electron chi connectivity index (χ4n) is 4.36. The summed E-state index contributed by atoms with van der Waals surface area (Å²) in [5.74, 6) is -0.333. The van der Waals surface area contributed by atoms with Gasteiger partial charge in [-0.25, -0.2) is 0 Å². The van der Waals surface area contributed by atoms with Gasteiger partial charge < -0.3 is 25.2 Å². The number of hydrogen-bond donors (Lipinski definition) is 3. The van der Waals surface area contributed by atoms with Gasteiger partial charge in [-0.15, -0.1) is 0 Å². The minimum absolute atomic E-state index is 0.0129. The van der Waals surface area contributed by atoms with Crippen LogP contribution >= 0.6 is 0 Å². The lowest BCUT2D eigenvalue weighted by atomic mass is 9.83. The van der Waals surface area contributed by atoms with Crippen LogP contribution in [0, 0.1) is 5.92 Å². The second kappa shape index (κ2) is 8.66. The molecule has 2 amide bonds. The van der Waals surface area contributed by atoms with Gasteiger partial charge in [0.05, 0.1) is 19.1 Å². The van der Waals surface area contributed by atoms with Crippen molar-refractivity contribution < 1.29 is 37.3 Å². The van der Waals surface area contributed by atoms with E-state index in [0.29, 0.717) is 17.9 Å². The number of halogens is 3. The third-order valence-corrected chi connectivity index (χ3v) is 6.14. The van der Waals surface area contributed by atoms with Gasteiger partial charge in [0.2, 0.25) is 11.8 Å². The molecule has 10 heteroatoms. The first-order chi connectivity index (χ1) is 14.7. The average molecular weight is 442 g/mol. The van der Waals surface area contributed by atoms with Crippen LogP contribution in [0.5, 0.6) is 5.75 Å². The van der Waals surface area contributed by atoms with Gasteiger partial charge in [-0.1, -0.05) is 6.42 Å². The van der Waals surface area contributed by atoms with Crippen LogP contribution in [0.2, 0.25) is 0 Å². The zero-order valence-electron chi connectivity index (χ0n) is 16.8. The Labute approximate surface area is 177 Å². The molecular formula is C21H25F3N2O5. The van der Waals surface area contributed by atoms with Crippen LogP contribution in [0.4, 0.5) is 18.9 Å². The molecule has 2 aliphatic heterocycles. The molecule has 1 saturated carbocycles. The Morgan fingerprint density at radius 2 is 2.00 bits per heavy atom. The van der Waals surface area contributed by atoms with Crippen molar-refractivity contribution in [1.29, 1.82) is 0 Å². The van der Waals surface area contributed by atoms with Crippen LogP contribution in [-0.4, -0.2) is 54.6 Å². The van der Waals surface area contributed by atoms with Gasteiger partial charge in [-0.3, -0.25) is 9.59 Å². The topological polar surface area (TPSA) is 96.9 Å². The van der Waals surface area contributed by atoms with E-state index in [1.807, 2.05) is 11.4 Å². The highest BCUT2D eigenvalue weighted by Crippen LogP contribution is 2.47. The zero-order valence-corrected chi connectivity index (χ0v) is 16.8. The number of aliphatic hydroxyl groups excluding tert-OH is 1. The number of aliphatic hydroxyl groups is 1. The molecule has 3 aliphatic rings. The normalized spacial score (nSPS) is 27.5. The Bertz CT molecular complexity index is 843. The highest BCUT2D eigenvalue weighted by Gasteiger charge is 2.46. The molecule has 2 heterocycles. The molecule has 0 aromatic heterocycles. The Morgan fingerprint density at radius 3 is 2.65 bits per heavy atom. The van der Waals surface area contributed by atoms with E-state index in [9.17, 15) is 27.9 Å². The molecule has 1 aliphatic carbocycles. The minimum Gasteiger partial charge on any atom is -0.487 e. The number of nitrogens with one attached hydrogen (secondary N) is 2. The predicted molar refractivity (Wildman–Crippen MR) is 104 cm³/mol. The summed E-state index contributed by atoms with van der Waals surface area (Å²) in [6.07, 6.45) is -3.38. The number of alkyl halides is 3. The van der Waals surface area contributed by atoms with E-state index in [-0.39, 0.29) is 30.8 Å². The first-order valence-corrected chi connectivity index (χ1v) is 10.4. The van der Waals surface area contributed by atoms with Crippen molar-refractivity contribution in [1.82, 2.24) is 5.32 Å². The molecule has 0 unspecified atom stereocenters. The van der Waals surface area contributed by atoms with Gasteiger partial charge >= 0.3 is 6.18 Å². The van der Waals surface area contributed by atoms with E-state index in [0.717, 1.165) is 24.8 Å². The van der Waals surface area contributed by atoms with Gasteiger partial charge in [0.15, 0.2) is 0 Å². The molecule has 1 saturated heterocycles. The van der Waals surface area contributed by atoms with Gasteiger partial charge in [0.1, 0.15) is 24.5 Å². The number of rotatable bonds is 6. The van der Waals surface area contributed by atoms with E-state index in [1.165, 1.54) is 0 Å². The molecule has 3 N–H and O–H groups in total. The Hall–Kier alpha value is -2.33. The van der Waals surface area contributed by atoms with Crippen molar-refractivity contribution in [3.05, 3.63) is 23.8 Å². The van der Waals surface area contributed by atoms with Crippen LogP contribution in [0.25, 0.3) is 0 Å². The summed E-state index contributed by atoms with van der Waals surface area (Å²) in [5.41, 5.74) is 1.48. The van der Waals surface area contributed by atoms with Crippen LogP contribution in [0.1, 0.15) is 43.6 Å². The molecule has 2 fully saturated rings. The first kappa shape index (κ1) is 21.9. The van der Waals surface area contributed by atoms with E-state index in [4.69, 9.17) is 9.47 Å². The standard InChI is InChI=1S/C21H25F3N2O5/c22-21(23,24)10-25-18(28)8-13-7-15-14-6-12(26-20(29)11-2-1-3-11)4-5-16(14)31-19(15)17(9-27)30-13/h4-6,11,13,15,17,19,27H,1-3,7-10H2,(H,25,28)(H,26,29)/t13-,15+,17+,19-/m1/s1. The highest BCUT2D eigenvalue weighted by molar-refractivity contribution is 5.93. The van der Waals surface area contributed by atoms with E-state index < -0.39 is 36.9 Å². The monoisotopic (exact) mass is 442 g/mol. The molecule has 7 nitrogen and oxygen atoms in total. The lowest BCUT2D eigenvalue weighted by Crippen LogP contribution is -2.47. The summed E-state index contributed by atoms with van der Waals surface area (Å²) < 4.78 is 48.7. The molecule has 1 aromatic carbocycles. The van der Waals surface area contributed by atoms with Crippen LogP contribution in [0.3, 0.4) is 0 Å². The maximum absolute atomic E-state index is 12.3. The third-order valence-electron chi connectivity index (χ3n) is 6.14. The summed E-state index contributed by atoms with van der Waals surface area (Å²) in [7, 11) is 0. The third kappa shape index (κ3) is 4.95. The molecule has 4 atom stereocenters. The summed E-state index contributed by atoms with van der Waals surface area (Å²) in [5, 5.41) is 14.5. The van der Waals surface area contributed by atoms with Crippen molar-refractivity contribution >= 4 is 17.5 Å². The van der Waals surface area contributed by atoms with Gasteiger partial charge in [-0.2, -0.15) is 13.2 Å². The smallest absolute Gasteiger partial charge is 0.405 e. The van der Waals surface area contributed by atoms with E-state index in [1.54, 1.807) is 12.1 Å². The molecular weight excluding hydrogens is 417 g/mol. The molecule has 0 radical (unpaired) electrons. The number of carbonyl (C=O) groups is 2. The molecule has 4 rings (SSSR count). The van der Waals surface area contributed by atoms with E-state index >= 15 is 0 Å². The Kier molecular flexibility index (Phi) is 6.11. The highest BCUT2D eigenvalue weighted by atomic mass is 19.4. The van der Waals surface area contributed by atoms with Crippen LogP contribution in [0.15, 0.2) is 18.2 Å². The van der Waals surface area contributed by atoms with Crippen molar-refractivity contribution in [3.63, 3.8) is 0 Å². The largest absolute Gasteiger partial charge is 0.487 e. The number of fused-ring (bicyclic) bond motifs is 3. The SMILES string of the molecule is O=C(C[C@H]1C[C@H]2c3cc(NC(=O)C4CCC4)ccc3O[C@H]2[C@H](CO)O1)NCC(F)(F)F. The fourth-order valence-corrected chi connectivity index (χ4v) is 4.36. The predicted octanol–water partition coefficient (Wildman–Crippen LogP) is 2.49. The fraction of sp³-hybridized carbons (Fsp3) is 0.619. The van der Waals surface area contributed by atoms with Crippen molar-refractivity contribution in [2.75, 3.05) is 18.5 Å². The summed E-state index contributed by atoms with van der Waals surface area (Å²) in [6.45, 7) is -1.74. The Morgan fingerprint density at radius 1 is 1.23 bits per heavy atom. The maximum atomic E-state index is 12.3. The molecule has 0 spiro atoms. The first-order valence-electron chi connectivity index (χ1n) is 10.4. The lowest BCUT2D eigenvalue weighted by Gasteiger charge is -2.37. The number of amides is 2. The van der Waals surface area contributed by atoms with Crippen molar-refractivity contribution in [3.8, 4) is 5.75 Å². The number of hydrogen-bond acceptors (Lipinski definition) is 5. The number of benzene rings is 1. The Balaban J connectivity index is 1.44. The van der Waals surface area contributed by atoms with Crippen molar-refractivity contribution in [2.24, 2.45) is 5.92 Å². The van der Waals surface area contributed by atoms with E-state index in [2.05, 4.69) is 5.32 Å². The zero-order chi connectivity index (χ0) is 22.2. The molecule has 0 bridgehead atoms. The lowest BCUT2D eigenvalue weighted by molar-refractivity contribution is -0.149. The van der Waals surface area contributed by atoms with Gasteiger partial charge in [0, 0.05) is 23.1 Å². The number of ether oxygens (including phenoxy) is 2. The molecule has 170 valence electrons. The van der Waals surface area contributed by atoms with Crippen LogP contribution < -0.4 is 15.4 Å². The number of anilines is 1. The van der Waals surface area contributed by atoms with Crippen LogP contribution in [-0.2, 0) is 14.3 Å². The second-order valence-electron chi connectivity index (χ2n) is 8.37. The molecule has 1 aromatic rings. The second-order valence-corrected chi connectivity index (χ2v) is 8.37. The van der Waals surface area contributed by atoms with Gasteiger partial charge in [-0.05, 0) is 37.5 Å². The quantitative estimate of drug-likeness (QED) is 0.629. The summed E-state index contributed by atoms with van der Waals surface area (Å²) in [6, 6.07) is 5.34. The number of carbonyl (C=O) groups excluding carboxylic acids is 2. The summed E-state index contributed by atoms with van der Waals surface area (Å²) in [4.78, 5) is 24.2. The minimum atomic E-state index is -4.49. The van der Waals surface area contributed by atoms with Gasteiger partial charge in [0.25, 0.3) is 0 Å². The molecule has 31 heavy (non-hydrogen) atoms. The summed E-state index contributed by atoms with van der Waals surface area (Å²) >= 11 is 0.